The molecule has 2 fully saturated rings. The van der Waals surface area contributed by atoms with E-state index in [9.17, 15) is 4.79 Å². The van der Waals surface area contributed by atoms with Gasteiger partial charge >= 0.3 is 0 Å². The summed E-state index contributed by atoms with van der Waals surface area (Å²) in [5.74, 6) is 0.691. The van der Waals surface area contributed by atoms with Crippen molar-refractivity contribution in [3.63, 3.8) is 0 Å². The monoisotopic (exact) mass is 211 g/mol. The van der Waals surface area contributed by atoms with Crippen molar-refractivity contribution < 1.29 is 9.53 Å². The van der Waals surface area contributed by atoms with E-state index in [0.29, 0.717) is 18.4 Å². The number of nitrogens with zero attached hydrogens (tertiary/aromatic N) is 1. The normalized spacial score (nSPS) is 27.9. The molecule has 3 heteroatoms. The van der Waals surface area contributed by atoms with E-state index in [2.05, 4.69) is 20.8 Å². The number of hydrogen-bond donors (Lipinski definition) is 0. The Morgan fingerprint density at radius 1 is 1.33 bits per heavy atom. The van der Waals surface area contributed by atoms with Gasteiger partial charge in [0.1, 0.15) is 0 Å². The molecule has 2 aliphatic rings. The van der Waals surface area contributed by atoms with Gasteiger partial charge in [0.2, 0.25) is 5.91 Å². The number of carbonyl (C=O) groups excluding carboxylic acids is 1. The Bertz CT molecular complexity index is 253. The SMILES string of the molecule is CC(C)(C)C1CN(C(=O)C2CC2)CCO1. The van der Waals surface area contributed by atoms with Gasteiger partial charge in [-0.25, -0.2) is 0 Å². The van der Waals surface area contributed by atoms with Crippen LogP contribution < -0.4 is 0 Å². The van der Waals surface area contributed by atoms with Gasteiger partial charge in [0.25, 0.3) is 0 Å². The lowest BCUT2D eigenvalue weighted by molar-refractivity contribution is -0.144. The van der Waals surface area contributed by atoms with Crippen molar-refractivity contribution in [2.24, 2.45) is 11.3 Å². The van der Waals surface area contributed by atoms with Gasteiger partial charge in [-0.3, -0.25) is 4.79 Å². The lowest BCUT2D eigenvalue weighted by Crippen LogP contribution is -2.50. The highest BCUT2D eigenvalue weighted by molar-refractivity contribution is 5.81. The second-order valence-electron chi connectivity index (χ2n) is 5.78. The summed E-state index contributed by atoms with van der Waals surface area (Å²) in [4.78, 5) is 13.9. The minimum atomic E-state index is 0.127. The highest BCUT2D eigenvalue weighted by Gasteiger charge is 2.38. The van der Waals surface area contributed by atoms with Crippen LogP contribution in [0.4, 0.5) is 0 Å². The fourth-order valence-electron chi connectivity index (χ4n) is 1.96. The molecule has 0 radical (unpaired) electrons. The maximum absolute atomic E-state index is 11.9. The second-order valence-corrected chi connectivity index (χ2v) is 5.78. The summed E-state index contributed by atoms with van der Waals surface area (Å²) in [5.41, 5.74) is 0.127. The van der Waals surface area contributed by atoms with Crippen LogP contribution >= 0.6 is 0 Å². The van der Waals surface area contributed by atoms with Gasteiger partial charge in [0.05, 0.1) is 12.7 Å². The topological polar surface area (TPSA) is 29.5 Å². The van der Waals surface area contributed by atoms with E-state index in [-0.39, 0.29) is 11.5 Å². The Hall–Kier alpha value is -0.570. The molecule has 1 amide bonds. The van der Waals surface area contributed by atoms with Crippen molar-refractivity contribution >= 4 is 5.91 Å². The molecule has 86 valence electrons. The van der Waals surface area contributed by atoms with Crippen LogP contribution in [0.1, 0.15) is 33.6 Å². The minimum absolute atomic E-state index is 0.127. The van der Waals surface area contributed by atoms with Gasteiger partial charge in [-0.05, 0) is 18.3 Å². The van der Waals surface area contributed by atoms with E-state index >= 15 is 0 Å². The Kier molecular flexibility index (Phi) is 2.75. The molecular weight excluding hydrogens is 190 g/mol. The lowest BCUT2D eigenvalue weighted by Gasteiger charge is -2.39. The van der Waals surface area contributed by atoms with Crippen molar-refractivity contribution in [3.8, 4) is 0 Å². The van der Waals surface area contributed by atoms with E-state index in [0.717, 1.165) is 25.9 Å². The third-order valence-electron chi connectivity index (χ3n) is 3.27. The molecule has 1 aliphatic heterocycles. The zero-order valence-electron chi connectivity index (χ0n) is 9.95. The average molecular weight is 211 g/mol. The molecule has 0 bridgehead atoms. The third-order valence-corrected chi connectivity index (χ3v) is 3.27. The van der Waals surface area contributed by atoms with E-state index in [1.165, 1.54) is 0 Å². The van der Waals surface area contributed by atoms with Crippen LogP contribution in [-0.4, -0.2) is 36.6 Å². The molecule has 3 nitrogen and oxygen atoms in total. The number of rotatable bonds is 1. The third kappa shape index (κ3) is 2.51. The summed E-state index contributed by atoms with van der Waals surface area (Å²) in [6.45, 7) is 8.76. The molecule has 1 atom stereocenters. The molecule has 2 rings (SSSR count). The number of hydrogen-bond acceptors (Lipinski definition) is 2. The zero-order chi connectivity index (χ0) is 11.1. The van der Waals surface area contributed by atoms with Crippen molar-refractivity contribution in [2.45, 2.75) is 39.7 Å². The number of carbonyl (C=O) groups is 1. The number of ether oxygens (including phenoxy) is 1. The summed E-state index contributed by atoms with van der Waals surface area (Å²) in [6.07, 6.45) is 2.38. The zero-order valence-corrected chi connectivity index (χ0v) is 9.95. The van der Waals surface area contributed by atoms with Crippen LogP contribution in [0.15, 0.2) is 0 Å². The Morgan fingerprint density at radius 2 is 2.00 bits per heavy atom. The summed E-state index contributed by atoms with van der Waals surface area (Å²) in [5, 5.41) is 0. The van der Waals surface area contributed by atoms with Crippen LogP contribution in [0.2, 0.25) is 0 Å². The molecule has 1 aliphatic carbocycles. The summed E-state index contributed by atoms with van der Waals surface area (Å²) in [6, 6.07) is 0. The first-order valence-corrected chi connectivity index (χ1v) is 5.89. The van der Waals surface area contributed by atoms with Gasteiger partial charge in [-0.2, -0.15) is 0 Å². The molecule has 0 aromatic rings. The van der Waals surface area contributed by atoms with Gasteiger partial charge in [-0.1, -0.05) is 20.8 Å². The summed E-state index contributed by atoms with van der Waals surface area (Å²) >= 11 is 0. The fourth-order valence-corrected chi connectivity index (χ4v) is 1.96. The van der Waals surface area contributed by atoms with Gasteiger partial charge in [-0.15, -0.1) is 0 Å². The maximum atomic E-state index is 11.9. The predicted octanol–water partition coefficient (Wildman–Crippen LogP) is 1.67. The highest BCUT2D eigenvalue weighted by atomic mass is 16.5. The van der Waals surface area contributed by atoms with E-state index < -0.39 is 0 Å². The maximum Gasteiger partial charge on any atom is 0.225 e. The van der Waals surface area contributed by atoms with Crippen molar-refractivity contribution in [1.82, 2.24) is 4.90 Å². The quantitative estimate of drug-likeness (QED) is 0.660. The van der Waals surface area contributed by atoms with Gasteiger partial charge in [0.15, 0.2) is 0 Å². The van der Waals surface area contributed by atoms with Crippen LogP contribution in [0.25, 0.3) is 0 Å². The molecule has 1 unspecified atom stereocenters. The first-order chi connectivity index (χ1) is 6.98. The predicted molar refractivity (Wildman–Crippen MR) is 58.5 cm³/mol. The molecule has 1 saturated heterocycles. The van der Waals surface area contributed by atoms with Crippen molar-refractivity contribution in [3.05, 3.63) is 0 Å². The Morgan fingerprint density at radius 3 is 2.53 bits per heavy atom. The Labute approximate surface area is 91.8 Å². The molecule has 15 heavy (non-hydrogen) atoms. The lowest BCUT2D eigenvalue weighted by atomic mass is 9.88. The average Bonchev–Trinajstić information content (AvgIpc) is 2.99. The highest BCUT2D eigenvalue weighted by Crippen LogP contribution is 2.33. The van der Waals surface area contributed by atoms with Crippen LogP contribution in [0.3, 0.4) is 0 Å². The van der Waals surface area contributed by atoms with Gasteiger partial charge < -0.3 is 9.64 Å². The number of morpholine rings is 1. The van der Waals surface area contributed by atoms with Crippen LogP contribution in [0.5, 0.6) is 0 Å². The number of amides is 1. The van der Waals surface area contributed by atoms with E-state index in [4.69, 9.17) is 4.74 Å². The van der Waals surface area contributed by atoms with Crippen LogP contribution in [0, 0.1) is 11.3 Å². The molecule has 0 spiro atoms. The van der Waals surface area contributed by atoms with Gasteiger partial charge in [0, 0.05) is 19.0 Å². The largest absolute Gasteiger partial charge is 0.374 e. The van der Waals surface area contributed by atoms with Crippen molar-refractivity contribution in [1.29, 1.82) is 0 Å². The minimum Gasteiger partial charge on any atom is -0.374 e. The molecule has 0 N–H and O–H groups in total. The first kappa shape index (κ1) is 10.9. The van der Waals surface area contributed by atoms with Crippen molar-refractivity contribution in [2.75, 3.05) is 19.7 Å². The smallest absolute Gasteiger partial charge is 0.225 e. The molecule has 0 aromatic heterocycles. The summed E-state index contributed by atoms with van der Waals surface area (Å²) in [7, 11) is 0. The molecule has 0 aromatic carbocycles. The standard InChI is InChI=1S/C12H21NO2/c1-12(2,3)10-8-13(6-7-15-10)11(14)9-4-5-9/h9-10H,4-8H2,1-3H3. The van der Waals surface area contributed by atoms with Crippen LogP contribution in [-0.2, 0) is 9.53 Å². The first-order valence-electron chi connectivity index (χ1n) is 5.89. The van der Waals surface area contributed by atoms with E-state index in [1.54, 1.807) is 0 Å². The van der Waals surface area contributed by atoms with E-state index in [1.807, 2.05) is 4.90 Å². The molecular formula is C12H21NO2. The molecule has 1 saturated carbocycles. The summed E-state index contributed by atoms with van der Waals surface area (Å²) < 4.78 is 5.73. The fraction of sp³-hybridized carbons (Fsp3) is 0.917. The molecule has 1 heterocycles. The Balaban J connectivity index is 1.94. The second kappa shape index (κ2) is 3.78.